The zero-order valence-corrected chi connectivity index (χ0v) is 8.12. The highest BCUT2D eigenvalue weighted by molar-refractivity contribution is 8.21. The molecule has 1 rings (SSSR count). The summed E-state index contributed by atoms with van der Waals surface area (Å²) < 4.78 is 13.1. The van der Waals surface area contributed by atoms with Gasteiger partial charge < -0.3 is 0 Å². The van der Waals surface area contributed by atoms with Gasteiger partial charge in [-0.2, -0.15) is 0 Å². The summed E-state index contributed by atoms with van der Waals surface area (Å²) in [5.74, 6) is 0. The van der Waals surface area contributed by atoms with Gasteiger partial charge in [-0.25, -0.2) is 0 Å². The monoisotopic (exact) mass is 200 g/mol. The molecule has 0 aromatic heterocycles. The fourth-order valence-electron chi connectivity index (χ4n) is 0.832. The second-order valence-corrected chi connectivity index (χ2v) is 3.77. The second kappa shape index (κ2) is 3.71. The van der Waals surface area contributed by atoms with Gasteiger partial charge in [0.25, 0.3) is 0 Å². The summed E-state index contributed by atoms with van der Waals surface area (Å²) in [5.41, 5.74) is -1.31. The number of halogens is 2. The average Bonchev–Trinajstić information content (AvgIpc) is 2.03. The maximum Gasteiger partial charge on any atom is 0.127 e. The van der Waals surface area contributed by atoms with Crippen LogP contribution in [0.1, 0.15) is 12.5 Å². The number of benzene rings is 1. The molecule has 1 unspecified atom stereocenters. The quantitative estimate of drug-likeness (QED) is 0.661. The smallest absolute Gasteiger partial charge is 0.127 e. The Kier molecular flexibility index (Phi) is 3.07. The highest BCUT2D eigenvalue weighted by atomic mass is 35.7. The molecule has 1 aromatic rings. The predicted molar refractivity (Wildman–Crippen MR) is 52.4 cm³/mol. The number of alkyl halides is 1. The number of rotatable bonds is 2. The molecule has 0 fully saturated rings. The number of hydrogen-bond donors (Lipinski definition) is 0. The third kappa shape index (κ3) is 2.42. The molecular weight excluding hydrogens is 193 g/mol. The molecule has 0 nitrogen and oxygen atoms in total. The van der Waals surface area contributed by atoms with Gasteiger partial charge in [-0.05, 0) is 46.3 Å². The Balaban J connectivity index is 2.93. The lowest BCUT2D eigenvalue weighted by molar-refractivity contribution is 0.313. The van der Waals surface area contributed by atoms with Gasteiger partial charge in [0.15, 0.2) is 0 Å². The van der Waals surface area contributed by atoms with Crippen LogP contribution in [-0.2, 0) is 5.57 Å². The van der Waals surface area contributed by atoms with Crippen LogP contribution in [0.4, 0.5) is 4.39 Å². The fraction of sp³-hybridized carbons (Fsp3) is 0.250. The summed E-state index contributed by atoms with van der Waals surface area (Å²) in [6.45, 7) is 1.32. The van der Waals surface area contributed by atoms with Crippen LogP contribution >= 0.6 is 21.7 Å². The van der Waals surface area contributed by atoms with Crippen LogP contribution in [0, 0.1) is 0 Å². The lowest BCUT2D eigenvalue weighted by Gasteiger charge is -2.14. The van der Waals surface area contributed by atoms with Gasteiger partial charge in [-0.3, -0.25) is 4.39 Å². The van der Waals surface area contributed by atoms with Crippen LogP contribution in [0.2, 0.25) is 0 Å². The summed E-state index contributed by atoms with van der Waals surface area (Å²) in [7, 11) is 11.8. The Morgan fingerprint density at radius 1 is 1.42 bits per heavy atom. The Labute approximate surface area is 81.4 Å². The molecule has 0 aliphatic carbocycles. The molecule has 0 saturated carbocycles. The highest BCUT2D eigenvalue weighted by Crippen LogP contribution is 2.26. The molecule has 2 radical (unpaired) electrons. The molecule has 12 heavy (non-hydrogen) atoms. The maximum absolute atomic E-state index is 13.1. The van der Waals surface area contributed by atoms with E-state index in [-0.39, 0.29) is 0 Å². The SMILES string of the molecule is [B]C(C)(F)c1ccc(SCl)cc1. The molecule has 0 N–H and O–H groups in total. The first-order valence-electron chi connectivity index (χ1n) is 3.41. The first-order valence-corrected chi connectivity index (χ1v) is 5.05. The first-order chi connectivity index (χ1) is 5.54. The van der Waals surface area contributed by atoms with Crippen molar-refractivity contribution >= 4 is 29.5 Å². The van der Waals surface area contributed by atoms with Crippen LogP contribution in [0.5, 0.6) is 0 Å². The summed E-state index contributed by atoms with van der Waals surface area (Å²) in [6, 6.07) is 6.73. The minimum Gasteiger partial charge on any atom is -0.250 e. The van der Waals surface area contributed by atoms with Crippen molar-refractivity contribution in [3.8, 4) is 0 Å². The largest absolute Gasteiger partial charge is 0.250 e. The van der Waals surface area contributed by atoms with E-state index in [2.05, 4.69) is 0 Å². The van der Waals surface area contributed by atoms with E-state index in [0.29, 0.717) is 5.56 Å². The standard InChI is InChI=1S/C8H7BClFS/c1-8(9,11)6-2-4-7(12-10)5-3-6/h2-5H,1H3. The fourth-order valence-corrected chi connectivity index (χ4v) is 1.38. The minimum absolute atomic E-state index is 0.456. The van der Waals surface area contributed by atoms with Gasteiger partial charge >= 0.3 is 0 Å². The first kappa shape index (κ1) is 9.94. The molecule has 1 aromatic carbocycles. The lowest BCUT2D eigenvalue weighted by Crippen LogP contribution is -2.13. The molecule has 0 aliphatic heterocycles. The van der Waals surface area contributed by atoms with Gasteiger partial charge in [0, 0.05) is 4.90 Å². The molecule has 0 heterocycles. The van der Waals surface area contributed by atoms with Crippen molar-refractivity contribution in [2.45, 2.75) is 17.4 Å². The van der Waals surface area contributed by atoms with E-state index in [1.54, 1.807) is 24.3 Å². The van der Waals surface area contributed by atoms with Gasteiger partial charge in [-0.1, -0.05) is 12.1 Å². The molecule has 0 amide bonds. The Morgan fingerprint density at radius 3 is 2.25 bits per heavy atom. The molecule has 0 aliphatic rings. The van der Waals surface area contributed by atoms with Gasteiger partial charge in [0.1, 0.15) is 7.85 Å². The zero-order chi connectivity index (χ0) is 9.19. The van der Waals surface area contributed by atoms with Crippen molar-refractivity contribution < 1.29 is 4.39 Å². The summed E-state index contributed by atoms with van der Waals surface area (Å²) >= 11 is 0. The molecule has 0 spiro atoms. The van der Waals surface area contributed by atoms with Crippen molar-refractivity contribution in [2.75, 3.05) is 0 Å². The van der Waals surface area contributed by atoms with Crippen LogP contribution in [0.25, 0.3) is 0 Å². The molecule has 1 atom stereocenters. The maximum atomic E-state index is 13.1. The van der Waals surface area contributed by atoms with Crippen LogP contribution in [0.15, 0.2) is 29.2 Å². The molecule has 62 valence electrons. The van der Waals surface area contributed by atoms with Crippen molar-refractivity contribution in [3.05, 3.63) is 29.8 Å². The Hall–Kier alpha value is -0.145. The second-order valence-electron chi connectivity index (χ2n) is 2.68. The predicted octanol–water partition coefficient (Wildman–Crippen LogP) is 3.24. The lowest BCUT2D eigenvalue weighted by atomic mass is 9.79. The summed E-state index contributed by atoms with van der Waals surface area (Å²) in [4.78, 5) is 0.879. The molecule has 0 bridgehead atoms. The van der Waals surface area contributed by atoms with E-state index >= 15 is 0 Å². The normalized spacial score (nSPS) is 15.6. The zero-order valence-electron chi connectivity index (χ0n) is 6.55. The van der Waals surface area contributed by atoms with Crippen LogP contribution in [0.3, 0.4) is 0 Å². The third-order valence-electron chi connectivity index (χ3n) is 1.51. The summed E-state index contributed by atoms with van der Waals surface area (Å²) in [5, 5.41) is 0. The van der Waals surface area contributed by atoms with Gasteiger partial charge in [0.2, 0.25) is 0 Å². The highest BCUT2D eigenvalue weighted by Gasteiger charge is 2.17. The van der Waals surface area contributed by atoms with E-state index in [4.69, 9.17) is 18.5 Å². The van der Waals surface area contributed by atoms with Crippen molar-refractivity contribution in [1.29, 1.82) is 0 Å². The van der Waals surface area contributed by atoms with Crippen molar-refractivity contribution in [3.63, 3.8) is 0 Å². The topological polar surface area (TPSA) is 0 Å². The Morgan fingerprint density at radius 2 is 1.92 bits per heavy atom. The van der Waals surface area contributed by atoms with Gasteiger partial charge in [-0.15, -0.1) is 0 Å². The van der Waals surface area contributed by atoms with E-state index in [1.165, 1.54) is 6.92 Å². The van der Waals surface area contributed by atoms with E-state index < -0.39 is 5.57 Å². The number of hydrogen-bond acceptors (Lipinski definition) is 1. The average molecular weight is 200 g/mol. The molecule has 4 heteroatoms. The van der Waals surface area contributed by atoms with E-state index in [0.717, 1.165) is 15.9 Å². The molecular formula is C8H7BClFS. The molecule has 0 saturated heterocycles. The minimum atomic E-state index is -1.77. The van der Waals surface area contributed by atoms with E-state index in [1.807, 2.05) is 0 Å². The summed E-state index contributed by atoms with van der Waals surface area (Å²) in [6.07, 6.45) is 0. The van der Waals surface area contributed by atoms with Crippen molar-refractivity contribution in [2.24, 2.45) is 0 Å². The third-order valence-corrected chi connectivity index (χ3v) is 2.49. The van der Waals surface area contributed by atoms with Crippen molar-refractivity contribution in [1.82, 2.24) is 0 Å². The van der Waals surface area contributed by atoms with Crippen LogP contribution in [-0.4, -0.2) is 7.85 Å². The van der Waals surface area contributed by atoms with Crippen LogP contribution < -0.4 is 0 Å². The Bertz CT molecular complexity index is 255. The van der Waals surface area contributed by atoms with E-state index in [9.17, 15) is 4.39 Å². The van der Waals surface area contributed by atoms with Gasteiger partial charge in [0.05, 0.1) is 5.57 Å².